The van der Waals surface area contributed by atoms with Gasteiger partial charge in [-0.05, 0) is 58.7 Å². The molecule has 0 spiro atoms. The lowest BCUT2D eigenvalue weighted by Crippen LogP contribution is -2.25. The zero-order valence-corrected chi connectivity index (χ0v) is 14.0. The number of amides is 1. The van der Waals surface area contributed by atoms with Gasteiger partial charge in [-0.3, -0.25) is 4.79 Å². The molecule has 0 atom stereocenters. The van der Waals surface area contributed by atoms with Crippen LogP contribution in [0.1, 0.15) is 15.2 Å². The molecule has 112 valence electrons. The third-order valence-corrected chi connectivity index (χ3v) is 4.78. The molecule has 0 saturated carbocycles. The molecule has 2 aromatic heterocycles. The molecule has 0 unspecified atom stereocenters. The molecule has 3 rings (SSSR count). The largest absolute Gasteiger partial charge is 0.352 e. The Kier molecular flexibility index (Phi) is 4.65. The second kappa shape index (κ2) is 6.85. The monoisotopic (exact) mass is 376 g/mol. The number of hydrogen-bond donors (Lipinski definition) is 1. The predicted molar refractivity (Wildman–Crippen MR) is 89.4 cm³/mol. The van der Waals surface area contributed by atoms with Crippen LogP contribution in [0.4, 0.5) is 0 Å². The van der Waals surface area contributed by atoms with Crippen LogP contribution in [-0.4, -0.2) is 27.2 Å². The Balaban J connectivity index is 1.56. The first-order valence-corrected chi connectivity index (χ1v) is 8.31. The summed E-state index contributed by atoms with van der Waals surface area (Å²) in [6, 6.07) is 11.3. The van der Waals surface area contributed by atoms with E-state index in [0.717, 1.165) is 15.9 Å². The zero-order chi connectivity index (χ0) is 15.4. The highest BCUT2D eigenvalue weighted by molar-refractivity contribution is 9.11. The molecule has 1 aromatic carbocycles. The summed E-state index contributed by atoms with van der Waals surface area (Å²) in [6.45, 7) is 0.622. The molecule has 0 saturated heterocycles. The van der Waals surface area contributed by atoms with Crippen LogP contribution in [0.25, 0.3) is 5.69 Å². The molecule has 0 bridgehead atoms. The van der Waals surface area contributed by atoms with E-state index in [1.165, 1.54) is 11.2 Å². The summed E-state index contributed by atoms with van der Waals surface area (Å²) in [7, 11) is 0. The first-order valence-electron chi connectivity index (χ1n) is 6.70. The molecule has 2 heterocycles. The Morgan fingerprint density at radius 1 is 1.23 bits per heavy atom. The van der Waals surface area contributed by atoms with E-state index >= 15 is 0 Å². The molecule has 1 N–H and O–H groups in total. The number of thiophene rings is 1. The predicted octanol–water partition coefficient (Wildman–Crippen LogP) is 3.06. The molecule has 3 aromatic rings. The van der Waals surface area contributed by atoms with E-state index in [4.69, 9.17) is 0 Å². The summed E-state index contributed by atoms with van der Waals surface area (Å²) in [5, 5.41) is 6.98. The molecule has 5 nitrogen and oxygen atoms in total. The highest BCUT2D eigenvalue weighted by Crippen LogP contribution is 2.22. The van der Waals surface area contributed by atoms with Crippen molar-refractivity contribution in [2.24, 2.45) is 0 Å². The van der Waals surface area contributed by atoms with Gasteiger partial charge in [0.2, 0.25) is 0 Å². The van der Waals surface area contributed by atoms with Gasteiger partial charge in [-0.15, -0.1) is 11.3 Å². The van der Waals surface area contributed by atoms with Crippen molar-refractivity contribution in [2.45, 2.75) is 6.42 Å². The number of benzene rings is 1. The van der Waals surface area contributed by atoms with Crippen LogP contribution in [0.3, 0.4) is 0 Å². The number of hydrogen-bond acceptors (Lipinski definition) is 4. The second-order valence-electron chi connectivity index (χ2n) is 4.60. The number of rotatable bonds is 5. The maximum atomic E-state index is 12.1. The molecular weight excluding hydrogens is 364 g/mol. The molecule has 7 heteroatoms. The summed E-state index contributed by atoms with van der Waals surface area (Å²) >= 11 is 5.12. The van der Waals surface area contributed by atoms with E-state index in [1.807, 2.05) is 18.2 Å². The number of aromatic nitrogens is 3. The fourth-order valence-corrected chi connectivity index (χ4v) is 3.48. The van der Waals surface area contributed by atoms with E-state index < -0.39 is 0 Å². The van der Waals surface area contributed by atoms with Gasteiger partial charge in [0, 0.05) is 17.0 Å². The highest BCUT2D eigenvalue weighted by atomic mass is 79.9. The van der Waals surface area contributed by atoms with Gasteiger partial charge in [-0.1, -0.05) is 0 Å². The fourth-order valence-electron chi connectivity index (χ4n) is 1.99. The lowest BCUT2D eigenvalue weighted by atomic mass is 10.2. The number of carbonyl (C=O) groups excluding carboxylic acids is 1. The average molecular weight is 377 g/mol. The SMILES string of the molecule is O=C(NCCc1ccc(Br)s1)c1ccc(-n2cncn2)cc1. The Bertz CT molecular complexity index is 752. The Morgan fingerprint density at radius 3 is 2.68 bits per heavy atom. The average Bonchev–Trinajstić information content (AvgIpc) is 3.19. The van der Waals surface area contributed by atoms with Crippen molar-refractivity contribution in [3.05, 3.63) is 63.3 Å². The third-order valence-electron chi connectivity index (χ3n) is 3.10. The van der Waals surface area contributed by atoms with Gasteiger partial charge in [0.05, 0.1) is 9.47 Å². The lowest BCUT2D eigenvalue weighted by molar-refractivity contribution is 0.0954. The van der Waals surface area contributed by atoms with Crippen molar-refractivity contribution in [3.63, 3.8) is 0 Å². The van der Waals surface area contributed by atoms with E-state index in [-0.39, 0.29) is 5.91 Å². The summed E-state index contributed by atoms with van der Waals surface area (Å²) < 4.78 is 2.76. The van der Waals surface area contributed by atoms with Crippen LogP contribution < -0.4 is 5.32 Å². The van der Waals surface area contributed by atoms with Crippen molar-refractivity contribution < 1.29 is 4.79 Å². The minimum atomic E-state index is -0.0687. The van der Waals surface area contributed by atoms with Gasteiger partial charge in [0.1, 0.15) is 12.7 Å². The fraction of sp³-hybridized carbons (Fsp3) is 0.133. The van der Waals surface area contributed by atoms with Crippen LogP contribution in [0.5, 0.6) is 0 Å². The van der Waals surface area contributed by atoms with Gasteiger partial charge >= 0.3 is 0 Å². The van der Waals surface area contributed by atoms with E-state index in [9.17, 15) is 4.79 Å². The minimum Gasteiger partial charge on any atom is -0.352 e. The zero-order valence-electron chi connectivity index (χ0n) is 11.6. The smallest absolute Gasteiger partial charge is 0.251 e. The molecule has 1 amide bonds. The maximum absolute atomic E-state index is 12.1. The normalized spacial score (nSPS) is 10.6. The first kappa shape index (κ1) is 14.9. The van der Waals surface area contributed by atoms with Crippen LogP contribution in [0.15, 0.2) is 52.8 Å². The number of nitrogens with zero attached hydrogens (tertiary/aromatic N) is 3. The Hall–Kier alpha value is -1.99. The van der Waals surface area contributed by atoms with E-state index in [1.54, 1.807) is 34.5 Å². The highest BCUT2D eigenvalue weighted by Gasteiger charge is 2.06. The molecule has 0 aliphatic rings. The Labute approximate surface area is 140 Å². The quantitative estimate of drug-likeness (QED) is 0.744. The van der Waals surface area contributed by atoms with Crippen LogP contribution in [-0.2, 0) is 6.42 Å². The lowest BCUT2D eigenvalue weighted by Gasteiger charge is -2.05. The summed E-state index contributed by atoms with van der Waals surface area (Å²) in [5.41, 5.74) is 1.51. The van der Waals surface area contributed by atoms with Gasteiger partial charge in [-0.2, -0.15) is 5.10 Å². The van der Waals surface area contributed by atoms with Gasteiger partial charge in [-0.25, -0.2) is 9.67 Å². The first-order chi connectivity index (χ1) is 10.7. The van der Waals surface area contributed by atoms with E-state index in [0.29, 0.717) is 12.1 Å². The van der Waals surface area contributed by atoms with Crippen molar-refractivity contribution in [1.82, 2.24) is 20.1 Å². The van der Waals surface area contributed by atoms with Crippen molar-refractivity contribution in [3.8, 4) is 5.69 Å². The molecular formula is C15H13BrN4OS. The van der Waals surface area contributed by atoms with Gasteiger partial charge < -0.3 is 5.32 Å². The second-order valence-corrected chi connectivity index (χ2v) is 7.15. The van der Waals surface area contributed by atoms with E-state index in [2.05, 4.69) is 37.4 Å². The summed E-state index contributed by atoms with van der Waals surface area (Å²) in [6.07, 6.45) is 3.93. The van der Waals surface area contributed by atoms with Gasteiger partial charge in [0.25, 0.3) is 5.91 Å². The van der Waals surface area contributed by atoms with Crippen molar-refractivity contribution in [1.29, 1.82) is 0 Å². The number of nitrogens with one attached hydrogen (secondary N) is 1. The molecule has 0 aliphatic carbocycles. The number of halogens is 1. The standard InChI is InChI=1S/C15H13BrN4OS/c16-14-6-5-13(22-14)7-8-18-15(21)11-1-3-12(4-2-11)20-10-17-9-19-20/h1-6,9-10H,7-8H2,(H,18,21). The van der Waals surface area contributed by atoms with Crippen molar-refractivity contribution in [2.75, 3.05) is 6.54 Å². The van der Waals surface area contributed by atoms with Crippen molar-refractivity contribution >= 4 is 33.2 Å². The molecule has 22 heavy (non-hydrogen) atoms. The summed E-state index contributed by atoms with van der Waals surface area (Å²) in [4.78, 5) is 17.2. The molecule has 0 fully saturated rings. The number of carbonyl (C=O) groups is 1. The van der Waals surface area contributed by atoms with Crippen LogP contribution >= 0.6 is 27.3 Å². The minimum absolute atomic E-state index is 0.0687. The Morgan fingerprint density at radius 2 is 2.05 bits per heavy atom. The topological polar surface area (TPSA) is 59.8 Å². The third kappa shape index (κ3) is 3.61. The summed E-state index contributed by atoms with van der Waals surface area (Å²) in [5.74, 6) is -0.0687. The maximum Gasteiger partial charge on any atom is 0.251 e. The van der Waals surface area contributed by atoms with Crippen LogP contribution in [0, 0.1) is 0 Å². The molecule has 0 radical (unpaired) electrons. The van der Waals surface area contributed by atoms with Gasteiger partial charge in [0.15, 0.2) is 0 Å². The molecule has 0 aliphatic heterocycles. The van der Waals surface area contributed by atoms with Crippen LogP contribution in [0.2, 0.25) is 0 Å².